The van der Waals surface area contributed by atoms with Crippen LogP contribution in [0.25, 0.3) is 0 Å². The lowest BCUT2D eigenvalue weighted by molar-refractivity contribution is -0.103. The van der Waals surface area contributed by atoms with Crippen molar-refractivity contribution in [1.29, 1.82) is 0 Å². The lowest BCUT2D eigenvalue weighted by Crippen LogP contribution is -2.43. The molecule has 1 aliphatic carbocycles. The van der Waals surface area contributed by atoms with E-state index in [-0.39, 0.29) is 5.60 Å². The Balaban J connectivity index is 1.64. The second-order valence-electron chi connectivity index (χ2n) is 5.21. The van der Waals surface area contributed by atoms with Gasteiger partial charge in [-0.2, -0.15) is 0 Å². The van der Waals surface area contributed by atoms with Crippen LogP contribution >= 0.6 is 11.3 Å². The van der Waals surface area contributed by atoms with Crippen molar-refractivity contribution in [2.24, 2.45) is 0 Å². The zero-order valence-corrected chi connectivity index (χ0v) is 12.2. The first kappa shape index (κ1) is 14.0. The number of hydrogen-bond donors (Lipinski definition) is 1. The Morgan fingerprint density at radius 2 is 2.28 bits per heavy atom. The van der Waals surface area contributed by atoms with Gasteiger partial charge in [-0.15, -0.1) is 11.3 Å². The highest BCUT2D eigenvalue weighted by Crippen LogP contribution is 2.38. The summed E-state index contributed by atoms with van der Waals surface area (Å²) in [5.74, 6) is 0. The van der Waals surface area contributed by atoms with E-state index in [2.05, 4.69) is 29.8 Å². The van der Waals surface area contributed by atoms with Gasteiger partial charge in [-0.05, 0) is 56.6 Å². The second-order valence-corrected chi connectivity index (χ2v) is 6.25. The Morgan fingerprint density at radius 1 is 1.39 bits per heavy atom. The van der Waals surface area contributed by atoms with Gasteiger partial charge in [0.05, 0.1) is 12.2 Å². The van der Waals surface area contributed by atoms with Crippen LogP contribution in [-0.2, 0) is 11.2 Å². The highest BCUT2D eigenvalue weighted by atomic mass is 32.1. The fourth-order valence-electron chi connectivity index (χ4n) is 2.48. The minimum atomic E-state index is 0.206. The molecular weight excluding hydrogens is 242 g/mol. The lowest BCUT2D eigenvalue weighted by atomic mass is 9.77. The molecule has 2 nitrogen and oxygen atoms in total. The Morgan fingerprint density at radius 3 is 2.89 bits per heavy atom. The third kappa shape index (κ3) is 4.08. The van der Waals surface area contributed by atoms with E-state index in [1.165, 1.54) is 37.0 Å². The van der Waals surface area contributed by atoms with Crippen molar-refractivity contribution in [2.45, 2.75) is 51.0 Å². The van der Waals surface area contributed by atoms with Gasteiger partial charge < -0.3 is 10.1 Å². The molecule has 0 aromatic carbocycles. The van der Waals surface area contributed by atoms with Gasteiger partial charge in [-0.25, -0.2) is 0 Å². The fraction of sp³-hybridized carbons (Fsp3) is 0.733. The molecule has 1 aromatic heterocycles. The van der Waals surface area contributed by atoms with Gasteiger partial charge in [-0.3, -0.25) is 0 Å². The summed E-state index contributed by atoms with van der Waals surface area (Å²) in [5, 5.41) is 5.63. The largest absolute Gasteiger partial charge is 0.375 e. The van der Waals surface area contributed by atoms with Crippen molar-refractivity contribution >= 4 is 11.3 Å². The van der Waals surface area contributed by atoms with E-state index < -0.39 is 0 Å². The van der Waals surface area contributed by atoms with E-state index >= 15 is 0 Å². The van der Waals surface area contributed by atoms with Crippen LogP contribution < -0.4 is 5.32 Å². The van der Waals surface area contributed by atoms with Crippen molar-refractivity contribution < 1.29 is 4.74 Å². The minimum absolute atomic E-state index is 0.206. The van der Waals surface area contributed by atoms with E-state index in [4.69, 9.17) is 4.74 Å². The smallest absolute Gasteiger partial charge is 0.0694 e. The number of ether oxygens (including phenoxy) is 1. The molecule has 1 aromatic rings. The summed E-state index contributed by atoms with van der Waals surface area (Å²) in [4.78, 5) is 1.44. The van der Waals surface area contributed by atoms with Crippen molar-refractivity contribution in [3.05, 3.63) is 22.4 Å². The molecule has 0 bridgehead atoms. The van der Waals surface area contributed by atoms with Gasteiger partial charge in [-0.1, -0.05) is 13.0 Å². The van der Waals surface area contributed by atoms with Crippen molar-refractivity contribution in [3.8, 4) is 0 Å². The maximum atomic E-state index is 6.19. The molecule has 1 N–H and O–H groups in total. The van der Waals surface area contributed by atoms with Crippen molar-refractivity contribution in [3.63, 3.8) is 0 Å². The molecule has 0 radical (unpaired) electrons. The van der Waals surface area contributed by atoms with Gasteiger partial charge in [0, 0.05) is 11.3 Å². The van der Waals surface area contributed by atoms with Crippen LogP contribution in [0.2, 0.25) is 0 Å². The van der Waals surface area contributed by atoms with E-state index in [9.17, 15) is 0 Å². The maximum Gasteiger partial charge on any atom is 0.0694 e. The molecule has 1 fully saturated rings. The quantitative estimate of drug-likeness (QED) is 0.690. The van der Waals surface area contributed by atoms with E-state index in [1.54, 1.807) is 0 Å². The summed E-state index contributed by atoms with van der Waals surface area (Å²) in [7, 11) is 0. The normalized spacial score (nSPS) is 17.6. The maximum absolute atomic E-state index is 6.19. The highest BCUT2D eigenvalue weighted by Gasteiger charge is 2.37. The van der Waals surface area contributed by atoms with Crippen LogP contribution in [0.4, 0.5) is 0 Å². The summed E-state index contributed by atoms with van der Waals surface area (Å²) in [5.41, 5.74) is 0.206. The third-order valence-electron chi connectivity index (χ3n) is 3.79. The summed E-state index contributed by atoms with van der Waals surface area (Å²) in [6.07, 6.45) is 7.31. The number of nitrogens with one attached hydrogen (secondary N) is 1. The van der Waals surface area contributed by atoms with Gasteiger partial charge in [0.15, 0.2) is 0 Å². The standard InChI is InChI=1S/C15H25NOS/c1-2-10-16-11-9-15(7-4-8-15)17-12-6-14-5-3-13-18-14/h3,5,13,16H,2,4,6-12H2,1H3. The second kappa shape index (κ2) is 7.27. The summed E-state index contributed by atoms with van der Waals surface area (Å²) in [6, 6.07) is 4.32. The monoisotopic (exact) mass is 267 g/mol. The zero-order chi connectivity index (χ0) is 12.7. The highest BCUT2D eigenvalue weighted by molar-refractivity contribution is 7.09. The van der Waals surface area contributed by atoms with Gasteiger partial charge >= 0.3 is 0 Å². The van der Waals surface area contributed by atoms with Gasteiger partial charge in [0.25, 0.3) is 0 Å². The van der Waals surface area contributed by atoms with Crippen LogP contribution in [0.3, 0.4) is 0 Å². The first-order valence-corrected chi connectivity index (χ1v) is 8.10. The summed E-state index contributed by atoms with van der Waals surface area (Å²) < 4.78 is 6.19. The molecule has 0 unspecified atom stereocenters. The van der Waals surface area contributed by atoms with Crippen molar-refractivity contribution in [2.75, 3.05) is 19.7 Å². The van der Waals surface area contributed by atoms with E-state index in [0.717, 1.165) is 26.1 Å². The average Bonchev–Trinajstić information content (AvgIpc) is 2.83. The molecule has 3 heteroatoms. The molecule has 2 rings (SSSR count). The van der Waals surface area contributed by atoms with Gasteiger partial charge in [0.2, 0.25) is 0 Å². The van der Waals surface area contributed by atoms with Gasteiger partial charge in [0.1, 0.15) is 0 Å². The van der Waals surface area contributed by atoms with Crippen LogP contribution in [0.5, 0.6) is 0 Å². The van der Waals surface area contributed by atoms with Crippen LogP contribution in [0, 0.1) is 0 Å². The summed E-state index contributed by atoms with van der Waals surface area (Å²) >= 11 is 1.83. The number of thiophene rings is 1. The molecule has 0 amide bonds. The van der Waals surface area contributed by atoms with Crippen LogP contribution in [-0.4, -0.2) is 25.3 Å². The Bertz CT molecular complexity index is 319. The van der Waals surface area contributed by atoms with Crippen LogP contribution in [0.1, 0.15) is 43.9 Å². The molecule has 0 spiro atoms. The van der Waals surface area contributed by atoms with Crippen molar-refractivity contribution in [1.82, 2.24) is 5.32 Å². The first-order valence-electron chi connectivity index (χ1n) is 7.22. The van der Waals surface area contributed by atoms with E-state index in [1.807, 2.05) is 11.3 Å². The number of hydrogen-bond acceptors (Lipinski definition) is 3. The SMILES string of the molecule is CCCNCCC1(OCCc2cccs2)CCC1. The molecular formula is C15H25NOS. The predicted octanol–water partition coefficient (Wildman–Crippen LogP) is 3.62. The van der Waals surface area contributed by atoms with E-state index in [0.29, 0.717) is 0 Å². The van der Waals surface area contributed by atoms with Crippen LogP contribution in [0.15, 0.2) is 17.5 Å². The Kier molecular flexibility index (Phi) is 5.67. The minimum Gasteiger partial charge on any atom is -0.375 e. The average molecular weight is 267 g/mol. The molecule has 18 heavy (non-hydrogen) atoms. The Labute approximate surface area is 115 Å². The zero-order valence-electron chi connectivity index (χ0n) is 11.4. The summed E-state index contributed by atoms with van der Waals surface area (Å²) in [6.45, 7) is 5.33. The Hall–Kier alpha value is -0.380. The molecule has 0 atom stereocenters. The first-order chi connectivity index (χ1) is 8.85. The molecule has 102 valence electrons. The molecule has 1 heterocycles. The predicted molar refractivity (Wildman–Crippen MR) is 78.3 cm³/mol. The topological polar surface area (TPSA) is 21.3 Å². The third-order valence-corrected chi connectivity index (χ3v) is 4.72. The molecule has 0 saturated heterocycles. The molecule has 1 saturated carbocycles. The fourth-order valence-corrected chi connectivity index (χ4v) is 3.17. The number of rotatable bonds is 9. The molecule has 1 aliphatic rings. The molecule has 0 aliphatic heterocycles. The lowest BCUT2D eigenvalue weighted by Gasteiger charge is -2.42.